The average molecular weight is 645 g/mol. The third kappa shape index (κ3) is 8.52. The van der Waals surface area contributed by atoms with E-state index in [0.717, 1.165) is 65.0 Å². The Kier molecular flexibility index (Phi) is 13.7. The van der Waals surface area contributed by atoms with Crippen molar-refractivity contribution in [1.82, 2.24) is 16.0 Å². The molecule has 0 bridgehead atoms. The number of carbonyl (C=O) groups is 1. The Morgan fingerprint density at radius 2 is 1.50 bits per heavy atom. The molecule has 5 unspecified atom stereocenters. The zero-order valence-corrected chi connectivity index (χ0v) is 30.0. The van der Waals surface area contributed by atoms with Gasteiger partial charge in [-0.3, -0.25) is 4.79 Å². The molecule has 5 aliphatic carbocycles. The Labute approximate surface area is 282 Å². The molecule has 7 nitrogen and oxygen atoms in total. The highest BCUT2D eigenvalue weighted by Crippen LogP contribution is 2.68. The van der Waals surface area contributed by atoms with Crippen LogP contribution < -0.4 is 21.7 Å². The van der Waals surface area contributed by atoms with E-state index in [0.29, 0.717) is 53.6 Å². The van der Waals surface area contributed by atoms with Crippen LogP contribution in [0.25, 0.3) is 0 Å². The van der Waals surface area contributed by atoms with E-state index in [1.165, 1.54) is 83.5 Å². The van der Waals surface area contributed by atoms with Crippen LogP contribution in [0.4, 0.5) is 0 Å². The quantitative estimate of drug-likeness (QED) is 0.0972. The van der Waals surface area contributed by atoms with Crippen molar-refractivity contribution in [2.45, 2.75) is 142 Å². The van der Waals surface area contributed by atoms with E-state index in [-0.39, 0.29) is 23.4 Å². The molecule has 5 rings (SSSR count). The number of aliphatic hydroxyl groups excluding tert-OH is 1. The van der Waals surface area contributed by atoms with E-state index in [4.69, 9.17) is 10.5 Å². The van der Waals surface area contributed by atoms with Gasteiger partial charge in [-0.25, -0.2) is 0 Å². The zero-order chi connectivity index (χ0) is 32.6. The Bertz CT molecular complexity index is 929. The van der Waals surface area contributed by atoms with Gasteiger partial charge in [0.2, 0.25) is 0 Å². The van der Waals surface area contributed by atoms with Crippen LogP contribution in [0, 0.1) is 52.3 Å². The number of aliphatic hydroxyl groups is 1. The van der Waals surface area contributed by atoms with Gasteiger partial charge in [-0.2, -0.15) is 0 Å². The summed E-state index contributed by atoms with van der Waals surface area (Å²) in [6.07, 6.45) is 20.0. The Morgan fingerprint density at radius 3 is 2.24 bits per heavy atom. The van der Waals surface area contributed by atoms with Crippen LogP contribution in [0.15, 0.2) is 0 Å². The maximum Gasteiger partial charge on any atom is 0.308 e. The Morgan fingerprint density at radius 1 is 0.826 bits per heavy atom. The van der Waals surface area contributed by atoms with Crippen molar-refractivity contribution in [3.8, 4) is 0 Å². The number of ether oxygens (including phenoxy) is 1. The van der Waals surface area contributed by atoms with E-state index in [1.54, 1.807) is 0 Å². The molecular formula is C39H72N4O3. The van der Waals surface area contributed by atoms with Crippen molar-refractivity contribution in [3.63, 3.8) is 0 Å². The third-order valence-corrected chi connectivity index (χ3v) is 14.3. The first-order valence-corrected chi connectivity index (χ1v) is 20.0. The van der Waals surface area contributed by atoms with Gasteiger partial charge in [0.25, 0.3) is 0 Å². The van der Waals surface area contributed by atoms with Gasteiger partial charge >= 0.3 is 5.97 Å². The maximum absolute atomic E-state index is 12.8. The monoisotopic (exact) mass is 645 g/mol. The number of esters is 1. The fourth-order valence-electron chi connectivity index (χ4n) is 11.7. The molecule has 0 amide bonds. The lowest BCUT2D eigenvalue weighted by atomic mass is 9.43. The fourth-order valence-corrected chi connectivity index (χ4v) is 11.7. The van der Waals surface area contributed by atoms with Gasteiger partial charge in [0.1, 0.15) is 0 Å². The van der Waals surface area contributed by atoms with Crippen LogP contribution in [0.3, 0.4) is 0 Å². The van der Waals surface area contributed by atoms with Gasteiger partial charge in [-0.15, -0.1) is 0 Å². The molecule has 0 radical (unpaired) electrons. The smallest absolute Gasteiger partial charge is 0.308 e. The zero-order valence-electron chi connectivity index (χ0n) is 30.0. The van der Waals surface area contributed by atoms with Gasteiger partial charge in [0, 0.05) is 6.04 Å². The summed E-state index contributed by atoms with van der Waals surface area (Å²) in [6.45, 7) is 14.3. The predicted molar refractivity (Wildman–Crippen MR) is 188 cm³/mol. The van der Waals surface area contributed by atoms with Crippen LogP contribution in [-0.4, -0.2) is 69.1 Å². The average Bonchev–Trinajstić information content (AvgIpc) is 3.42. The number of hydrogen-bond acceptors (Lipinski definition) is 7. The van der Waals surface area contributed by atoms with Crippen LogP contribution in [0.5, 0.6) is 0 Å². The summed E-state index contributed by atoms with van der Waals surface area (Å²) < 4.78 is 5.98. The summed E-state index contributed by atoms with van der Waals surface area (Å²) in [4.78, 5) is 12.8. The van der Waals surface area contributed by atoms with Gasteiger partial charge in [-0.1, -0.05) is 40.0 Å². The second kappa shape index (κ2) is 17.3. The van der Waals surface area contributed by atoms with E-state index < -0.39 is 0 Å². The highest BCUT2D eigenvalue weighted by atomic mass is 16.5. The first-order valence-electron chi connectivity index (χ1n) is 20.0. The summed E-state index contributed by atoms with van der Waals surface area (Å²) in [6, 6.07) is 0.600. The molecule has 5 saturated carbocycles. The summed E-state index contributed by atoms with van der Waals surface area (Å²) >= 11 is 0. The number of unbranched alkanes of at least 4 members (excludes halogenated alkanes) is 1. The van der Waals surface area contributed by atoms with Crippen LogP contribution >= 0.6 is 0 Å². The van der Waals surface area contributed by atoms with Crippen LogP contribution in [0.1, 0.15) is 130 Å². The molecule has 0 aromatic carbocycles. The van der Waals surface area contributed by atoms with Crippen molar-refractivity contribution in [3.05, 3.63) is 0 Å². The molecule has 6 N–H and O–H groups in total. The number of carbonyl (C=O) groups excluding carboxylic acids is 1. The van der Waals surface area contributed by atoms with Crippen molar-refractivity contribution in [1.29, 1.82) is 0 Å². The molecule has 0 heterocycles. The molecule has 5 aliphatic rings. The van der Waals surface area contributed by atoms with E-state index >= 15 is 0 Å². The minimum absolute atomic E-state index is 0.0622. The van der Waals surface area contributed by atoms with Crippen molar-refractivity contribution in [2.75, 3.05) is 45.9 Å². The third-order valence-electron chi connectivity index (χ3n) is 14.3. The minimum atomic E-state index is -0.162. The van der Waals surface area contributed by atoms with Gasteiger partial charge in [-0.05, 0) is 175 Å². The predicted octanol–water partition coefficient (Wildman–Crippen LogP) is 6.03. The fraction of sp³-hybridized carbons (Fsp3) is 0.974. The summed E-state index contributed by atoms with van der Waals surface area (Å²) in [5.41, 5.74) is 6.17. The second-order valence-electron chi connectivity index (χ2n) is 17.1. The molecule has 0 aromatic heterocycles. The van der Waals surface area contributed by atoms with E-state index in [9.17, 15) is 9.90 Å². The Balaban J connectivity index is 1.04. The highest BCUT2D eigenvalue weighted by molar-refractivity contribution is 5.72. The molecule has 0 aromatic rings. The summed E-state index contributed by atoms with van der Waals surface area (Å²) in [7, 11) is 0. The summed E-state index contributed by atoms with van der Waals surface area (Å²) in [5.74, 6) is 3.52. The molecule has 10 atom stereocenters. The normalized spacial score (nSPS) is 38.5. The van der Waals surface area contributed by atoms with Crippen LogP contribution in [-0.2, 0) is 9.53 Å². The van der Waals surface area contributed by atoms with Crippen LogP contribution in [0.2, 0.25) is 0 Å². The molecule has 266 valence electrons. The van der Waals surface area contributed by atoms with E-state index in [1.807, 2.05) is 0 Å². The van der Waals surface area contributed by atoms with Crippen molar-refractivity contribution >= 4 is 5.97 Å². The molecular weight excluding hydrogens is 572 g/mol. The van der Waals surface area contributed by atoms with E-state index in [2.05, 4.69) is 36.7 Å². The number of hydrogen-bond donors (Lipinski definition) is 5. The van der Waals surface area contributed by atoms with Gasteiger partial charge in [0.15, 0.2) is 0 Å². The van der Waals surface area contributed by atoms with Crippen molar-refractivity contribution < 1.29 is 14.6 Å². The molecule has 46 heavy (non-hydrogen) atoms. The SMILES string of the molecule is C[C@H](COC(=O)C1CCCCC1)[C@H]1CCC2C3C(O)CC4C[C@H](NCCCNCCCCNCCCN)CC[C@]4(C)C3CC[C@@]21C. The first kappa shape index (κ1) is 36.5. The number of fused-ring (bicyclic) bond motifs is 5. The first-order chi connectivity index (χ1) is 22.3. The lowest BCUT2D eigenvalue weighted by Gasteiger charge is -2.62. The standard InChI is InChI=1S/C39H72N4O3/c1-28(27-46-37(45)29-11-5-4-6-12-29)32-13-14-33-36-34(16-18-39(32,33)3)38(2)17-15-31(25-30(38)26-35(36)44)43-24-10-23-42-21-8-7-20-41-22-9-19-40/h28-36,41-44H,4-27,40H2,1-3H3/t28-,30?,31-,32-,33?,34?,35?,36?,38+,39-/m1/s1. The molecule has 7 heteroatoms. The second-order valence-corrected chi connectivity index (χ2v) is 17.1. The lowest BCUT2D eigenvalue weighted by molar-refractivity contribution is -0.169. The number of nitrogens with two attached hydrogens (primary N) is 1. The highest BCUT2D eigenvalue weighted by Gasteiger charge is 2.63. The van der Waals surface area contributed by atoms with Gasteiger partial charge in [0.05, 0.1) is 18.6 Å². The Hall–Kier alpha value is -0.730. The minimum Gasteiger partial charge on any atom is -0.465 e. The maximum atomic E-state index is 12.8. The van der Waals surface area contributed by atoms with Crippen molar-refractivity contribution in [2.24, 2.45) is 58.0 Å². The topological polar surface area (TPSA) is 109 Å². The lowest BCUT2D eigenvalue weighted by Crippen LogP contribution is -2.59. The van der Waals surface area contributed by atoms with Gasteiger partial charge < -0.3 is 31.5 Å². The number of nitrogens with one attached hydrogen (secondary N) is 3. The summed E-state index contributed by atoms with van der Waals surface area (Å²) in [5, 5.41) is 22.8. The number of rotatable bonds is 17. The molecule has 5 fully saturated rings. The molecule has 0 aliphatic heterocycles. The molecule has 0 saturated heterocycles. The largest absolute Gasteiger partial charge is 0.465 e. The molecule has 0 spiro atoms.